The van der Waals surface area contributed by atoms with Gasteiger partial charge in [-0.1, -0.05) is 0 Å². The molecular weight excluding hydrogens is 322 g/mol. The maximum absolute atomic E-state index is 11.9. The maximum Gasteiger partial charge on any atom is 0.249 e. The van der Waals surface area contributed by atoms with Gasteiger partial charge in [-0.25, -0.2) is 13.1 Å². The van der Waals surface area contributed by atoms with Crippen LogP contribution in [0.2, 0.25) is 0 Å². The van der Waals surface area contributed by atoms with Crippen LogP contribution in [0.4, 0.5) is 5.82 Å². The van der Waals surface area contributed by atoms with Crippen LogP contribution in [0.1, 0.15) is 18.0 Å². The van der Waals surface area contributed by atoms with Gasteiger partial charge in [0.1, 0.15) is 5.82 Å². The van der Waals surface area contributed by atoms with E-state index in [2.05, 4.69) is 10.4 Å². The smallest absolute Gasteiger partial charge is 0.249 e. The molecule has 1 atom stereocenters. The predicted octanol–water partition coefficient (Wildman–Crippen LogP) is 1.96. The van der Waals surface area contributed by atoms with Crippen molar-refractivity contribution in [1.82, 2.24) is 9.78 Å². The summed E-state index contributed by atoms with van der Waals surface area (Å²) in [6.07, 6.45) is 5.26. The fourth-order valence-corrected chi connectivity index (χ4v) is 4.70. The molecule has 0 saturated carbocycles. The average Bonchev–Trinajstić information content (AvgIpc) is 3.17. The third kappa shape index (κ3) is 3.45. The molecule has 1 unspecified atom stereocenters. The minimum absolute atomic E-state index is 0.0717. The van der Waals surface area contributed by atoms with Crippen LogP contribution in [0.15, 0.2) is 35.2 Å². The molecule has 2 aromatic heterocycles. The Kier molecular flexibility index (Phi) is 4.12. The highest BCUT2D eigenvalue weighted by Gasteiger charge is 2.30. The number of hydrogen-bond acceptors (Lipinski definition) is 5. The topological polar surface area (TPSA) is 81.1 Å². The quantitative estimate of drug-likeness (QED) is 0.865. The standard InChI is InChI=1S/C14H15N3O3S2/c18-14(2-1-11-4-7-21-9-11)16-13-3-6-15-17(13)12-5-8-22(19,20)10-12/h1-4,6-7,9,12H,5,8,10H2,(H,16,18)/b2-1+. The number of sulfone groups is 1. The van der Waals surface area contributed by atoms with Gasteiger partial charge in [0.15, 0.2) is 9.84 Å². The lowest BCUT2D eigenvalue weighted by molar-refractivity contribution is -0.111. The molecule has 1 aliphatic heterocycles. The van der Waals surface area contributed by atoms with Gasteiger partial charge in [-0.15, -0.1) is 0 Å². The normalized spacial score (nSPS) is 20.5. The number of carbonyl (C=O) groups excluding carboxylic acids is 1. The van der Waals surface area contributed by atoms with E-state index in [9.17, 15) is 13.2 Å². The van der Waals surface area contributed by atoms with Crippen LogP contribution in [0, 0.1) is 0 Å². The maximum atomic E-state index is 11.9. The van der Waals surface area contributed by atoms with Crippen molar-refractivity contribution in [3.63, 3.8) is 0 Å². The second-order valence-corrected chi connectivity index (χ2v) is 8.11. The van der Waals surface area contributed by atoms with E-state index in [1.165, 1.54) is 6.08 Å². The van der Waals surface area contributed by atoms with Crippen molar-refractivity contribution in [1.29, 1.82) is 0 Å². The lowest BCUT2D eigenvalue weighted by Gasteiger charge is -2.12. The van der Waals surface area contributed by atoms with Gasteiger partial charge in [0.25, 0.3) is 0 Å². The van der Waals surface area contributed by atoms with Crippen LogP contribution in [0.25, 0.3) is 6.08 Å². The molecule has 0 spiro atoms. The minimum Gasteiger partial charge on any atom is -0.307 e. The summed E-state index contributed by atoms with van der Waals surface area (Å²) in [6.45, 7) is 0. The average molecular weight is 337 g/mol. The molecule has 0 aliphatic carbocycles. The van der Waals surface area contributed by atoms with Crippen molar-refractivity contribution in [2.75, 3.05) is 16.8 Å². The summed E-state index contributed by atoms with van der Waals surface area (Å²) in [5, 5.41) is 10.8. The molecule has 0 radical (unpaired) electrons. The van der Waals surface area contributed by atoms with Crippen molar-refractivity contribution in [2.45, 2.75) is 12.5 Å². The number of carbonyl (C=O) groups is 1. The van der Waals surface area contributed by atoms with Crippen molar-refractivity contribution in [3.05, 3.63) is 40.7 Å². The number of thiophene rings is 1. The predicted molar refractivity (Wildman–Crippen MR) is 86.5 cm³/mol. The fourth-order valence-electron chi connectivity index (χ4n) is 2.38. The molecular formula is C14H15N3O3S2. The Bertz CT molecular complexity index is 791. The third-order valence-electron chi connectivity index (χ3n) is 3.45. The summed E-state index contributed by atoms with van der Waals surface area (Å²) in [5.74, 6) is 0.488. The molecule has 22 heavy (non-hydrogen) atoms. The summed E-state index contributed by atoms with van der Waals surface area (Å²) < 4.78 is 24.7. The first-order chi connectivity index (χ1) is 10.5. The van der Waals surface area contributed by atoms with Crippen LogP contribution in [0.3, 0.4) is 0 Å². The van der Waals surface area contributed by atoms with Crippen LogP contribution in [-0.2, 0) is 14.6 Å². The zero-order valence-electron chi connectivity index (χ0n) is 11.7. The lowest BCUT2D eigenvalue weighted by atomic mass is 10.3. The van der Waals surface area contributed by atoms with E-state index in [0.717, 1.165) is 5.56 Å². The van der Waals surface area contributed by atoms with E-state index in [-0.39, 0.29) is 23.5 Å². The molecule has 1 aliphatic rings. The van der Waals surface area contributed by atoms with Gasteiger partial charge in [-0.2, -0.15) is 16.4 Å². The summed E-state index contributed by atoms with van der Waals surface area (Å²) in [6, 6.07) is 3.37. The second-order valence-electron chi connectivity index (χ2n) is 5.10. The Balaban J connectivity index is 1.69. The molecule has 116 valence electrons. The van der Waals surface area contributed by atoms with Crippen LogP contribution in [-0.4, -0.2) is 35.6 Å². The molecule has 8 heteroatoms. The Morgan fingerprint density at radius 1 is 1.45 bits per heavy atom. The van der Waals surface area contributed by atoms with E-state index in [4.69, 9.17) is 0 Å². The summed E-state index contributed by atoms with van der Waals surface area (Å²) >= 11 is 1.56. The van der Waals surface area contributed by atoms with Gasteiger partial charge < -0.3 is 5.32 Å². The van der Waals surface area contributed by atoms with Crippen molar-refractivity contribution < 1.29 is 13.2 Å². The van der Waals surface area contributed by atoms with Crippen LogP contribution < -0.4 is 5.32 Å². The summed E-state index contributed by atoms with van der Waals surface area (Å²) in [5.41, 5.74) is 0.968. The first-order valence-corrected chi connectivity index (χ1v) is 9.55. The van der Waals surface area contributed by atoms with Gasteiger partial charge in [0, 0.05) is 12.1 Å². The van der Waals surface area contributed by atoms with E-state index in [0.29, 0.717) is 12.2 Å². The largest absolute Gasteiger partial charge is 0.307 e. The Hall–Kier alpha value is -1.93. The molecule has 3 rings (SSSR count). The molecule has 2 aromatic rings. The number of nitrogens with zero attached hydrogens (tertiary/aromatic N) is 2. The third-order valence-corrected chi connectivity index (χ3v) is 5.90. The fraction of sp³-hybridized carbons (Fsp3) is 0.286. The van der Waals surface area contributed by atoms with Crippen LogP contribution >= 0.6 is 11.3 Å². The number of amides is 1. The monoisotopic (exact) mass is 337 g/mol. The molecule has 6 nitrogen and oxygen atoms in total. The zero-order chi connectivity index (χ0) is 15.6. The SMILES string of the molecule is O=C(/C=C/c1ccsc1)Nc1ccnn1C1CCS(=O)(=O)C1. The number of hydrogen-bond donors (Lipinski definition) is 1. The van der Waals surface area contributed by atoms with Crippen molar-refractivity contribution in [2.24, 2.45) is 0 Å². The Morgan fingerprint density at radius 2 is 2.32 bits per heavy atom. The number of anilines is 1. The summed E-state index contributed by atoms with van der Waals surface area (Å²) in [4.78, 5) is 11.9. The first kappa shape index (κ1) is 15.0. The van der Waals surface area contributed by atoms with Crippen LogP contribution in [0.5, 0.6) is 0 Å². The molecule has 0 aromatic carbocycles. The Morgan fingerprint density at radius 3 is 3.00 bits per heavy atom. The molecule has 1 fully saturated rings. The van der Waals surface area contributed by atoms with Crippen molar-refractivity contribution in [3.8, 4) is 0 Å². The number of aromatic nitrogens is 2. The molecule has 3 heterocycles. The van der Waals surface area contributed by atoms with Gasteiger partial charge in [-0.05, 0) is 34.9 Å². The second kappa shape index (κ2) is 6.05. The Labute approximate surface area is 132 Å². The number of nitrogens with one attached hydrogen (secondary N) is 1. The van der Waals surface area contributed by atoms with Crippen molar-refractivity contribution >= 4 is 39.0 Å². The lowest BCUT2D eigenvalue weighted by Crippen LogP contribution is -2.18. The van der Waals surface area contributed by atoms with Gasteiger partial charge in [0.2, 0.25) is 5.91 Å². The highest BCUT2D eigenvalue weighted by atomic mass is 32.2. The molecule has 1 amide bonds. The zero-order valence-corrected chi connectivity index (χ0v) is 13.3. The molecule has 1 saturated heterocycles. The van der Waals surface area contributed by atoms with E-state index < -0.39 is 9.84 Å². The van der Waals surface area contributed by atoms with Gasteiger partial charge >= 0.3 is 0 Å². The summed E-state index contributed by atoms with van der Waals surface area (Å²) in [7, 11) is -2.99. The van der Waals surface area contributed by atoms with E-state index in [1.807, 2.05) is 16.8 Å². The van der Waals surface area contributed by atoms with Gasteiger partial charge in [-0.3, -0.25) is 4.79 Å². The molecule has 0 bridgehead atoms. The van der Waals surface area contributed by atoms with E-state index in [1.54, 1.807) is 34.4 Å². The number of rotatable bonds is 4. The minimum atomic E-state index is -2.99. The highest BCUT2D eigenvalue weighted by Crippen LogP contribution is 2.26. The van der Waals surface area contributed by atoms with E-state index >= 15 is 0 Å². The first-order valence-electron chi connectivity index (χ1n) is 6.79. The molecule has 1 N–H and O–H groups in total. The van der Waals surface area contributed by atoms with Gasteiger partial charge in [0.05, 0.1) is 23.7 Å². The highest BCUT2D eigenvalue weighted by molar-refractivity contribution is 7.91.